The maximum atomic E-state index is 12.0. The van der Waals surface area contributed by atoms with Gasteiger partial charge >= 0.3 is 0 Å². The third kappa shape index (κ3) is 3.96. The van der Waals surface area contributed by atoms with Crippen molar-refractivity contribution >= 4 is 29.0 Å². The van der Waals surface area contributed by atoms with Gasteiger partial charge < -0.3 is 10.6 Å². The molecule has 1 aromatic carbocycles. The maximum absolute atomic E-state index is 12.0. The summed E-state index contributed by atoms with van der Waals surface area (Å²) in [4.78, 5) is 16.2. The van der Waals surface area contributed by atoms with Crippen LogP contribution in [0.3, 0.4) is 0 Å². The monoisotopic (exact) mass is 289 g/mol. The van der Waals surface area contributed by atoms with Crippen LogP contribution in [0.25, 0.3) is 0 Å². The minimum absolute atomic E-state index is 0.210. The molecular formula is C15H16ClN3O. The topological polar surface area (TPSA) is 54.0 Å². The molecule has 2 aromatic rings. The van der Waals surface area contributed by atoms with E-state index in [2.05, 4.69) is 29.5 Å². The van der Waals surface area contributed by atoms with E-state index in [1.807, 2.05) is 6.07 Å². The summed E-state index contributed by atoms with van der Waals surface area (Å²) in [6.45, 7) is 4.10. The van der Waals surface area contributed by atoms with Crippen LogP contribution in [0.1, 0.15) is 24.2 Å². The summed E-state index contributed by atoms with van der Waals surface area (Å²) in [6.07, 6.45) is 1.69. The quantitative estimate of drug-likeness (QED) is 0.900. The Balaban J connectivity index is 2.02. The van der Waals surface area contributed by atoms with Crippen molar-refractivity contribution in [3.05, 3.63) is 53.2 Å². The number of anilines is 2. The summed E-state index contributed by atoms with van der Waals surface area (Å²) >= 11 is 5.78. The number of benzene rings is 1. The molecule has 0 saturated carbocycles. The van der Waals surface area contributed by atoms with Gasteiger partial charge in [-0.1, -0.05) is 11.6 Å². The van der Waals surface area contributed by atoms with Crippen molar-refractivity contribution in [1.82, 2.24) is 4.98 Å². The van der Waals surface area contributed by atoms with Gasteiger partial charge in [-0.15, -0.1) is 0 Å². The second-order valence-electron chi connectivity index (χ2n) is 4.69. The highest BCUT2D eigenvalue weighted by molar-refractivity contribution is 6.30. The van der Waals surface area contributed by atoms with E-state index in [0.29, 0.717) is 22.4 Å². The number of hydrogen-bond donors (Lipinski definition) is 2. The van der Waals surface area contributed by atoms with Gasteiger partial charge in [-0.3, -0.25) is 4.79 Å². The standard InChI is InChI=1S/C15H16ClN3O/c1-10(2)18-13-7-8-14(17-9-13)19-15(20)11-3-5-12(16)6-4-11/h3-10,18H,1-2H3,(H,17,19,20). The second-order valence-corrected chi connectivity index (χ2v) is 5.13. The molecule has 0 saturated heterocycles. The molecule has 4 nitrogen and oxygen atoms in total. The molecular weight excluding hydrogens is 274 g/mol. The molecule has 0 aliphatic heterocycles. The lowest BCUT2D eigenvalue weighted by molar-refractivity contribution is 0.102. The van der Waals surface area contributed by atoms with E-state index < -0.39 is 0 Å². The van der Waals surface area contributed by atoms with Crippen LogP contribution in [-0.4, -0.2) is 16.9 Å². The molecule has 0 aliphatic rings. The van der Waals surface area contributed by atoms with Gasteiger partial charge in [-0.05, 0) is 50.2 Å². The van der Waals surface area contributed by atoms with Crippen LogP contribution in [-0.2, 0) is 0 Å². The molecule has 1 heterocycles. The van der Waals surface area contributed by atoms with Crippen molar-refractivity contribution in [3.63, 3.8) is 0 Å². The van der Waals surface area contributed by atoms with Crippen molar-refractivity contribution < 1.29 is 4.79 Å². The van der Waals surface area contributed by atoms with E-state index in [-0.39, 0.29) is 5.91 Å². The van der Waals surface area contributed by atoms with Crippen molar-refractivity contribution in [3.8, 4) is 0 Å². The third-order valence-corrected chi connectivity index (χ3v) is 2.82. The molecule has 1 aromatic heterocycles. The van der Waals surface area contributed by atoms with Crippen molar-refractivity contribution in [2.75, 3.05) is 10.6 Å². The molecule has 2 N–H and O–H groups in total. The van der Waals surface area contributed by atoms with E-state index in [1.165, 1.54) is 0 Å². The Bertz CT molecular complexity index is 579. The summed E-state index contributed by atoms with van der Waals surface area (Å²) in [7, 11) is 0. The molecule has 20 heavy (non-hydrogen) atoms. The van der Waals surface area contributed by atoms with Crippen LogP contribution >= 0.6 is 11.6 Å². The first-order chi connectivity index (χ1) is 9.54. The minimum atomic E-state index is -0.210. The lowest BCUT2D eigenvalue weighted by Gasteiger charge is -2.10. The number of aromatic nitrogens is 1. The third-order valence-electron chi connectivity index (χ3n) is 2.57. The molecule has 1 amide bonds. The fraction of sp³-hybridized carbons (Fsp3) is 0.200. The number of nitrogens with one attached hydrogen (secondary N) is 2. The fourth-order valence-corrected chi connectivity index (χ4v) is 1.80. The Morgan fingerprint density at radius 3 is 2.40 bits per heavy atom. The summed E-state index contributed by atoms with van der Waals surface area (Å²) in [5.41, 5.74) is 1.46. The Morgan fingerprint density at radius 2 is 1.85 bits per heavy atom. The van der Waals surface area contributed by atoms with Gasteiger partial charge in [0.15, 0.2) is 0 Å². The zero-order chi connectivity index (χ0) is 14.5. The first kappa shape index (κ1) is 14.3. The Morgan fingerprint density at radius 1 is 1.15 bits per heavy atom. The number of nitrogens with zero attached hydrogens (tertiary/aromatic N) is 1. The van der Waals surface area contributed by atoms with Crippen molar-refractivity contribution in [1.29, 1.82) is 0 Å². The van der Waals surface area contributed by atoms with Crippen molar-refractivity contribution in [2.45, 2.75) is 19.9 Å². The first-order valence-electron chi connectivity index (χ1n) is 6.34. The molecule has 0 fully saturated rings. The minimum Gasteiger partial charge on any atom is -0.382 e. The smallest absolute Gasteiger partial charge is 0.256 e. The van der Waals surface area contributed by atoms with Crippen LogP contribution in [0.15, 0.2) is 42.6 Å². The largest absolute Gasteiger partial charge is 0.382 e. The number of halogens is 1. The van der Waals surface area contributed by atoms with Gasteiger partial charge in [-0.2, -0.15) is 0 Å². The van der Waals surface area contributed by atoms with Crippen LogP contribution in [0.4, 0.5) is 11.5 Å². The fourth-order valence-electron chi connectivity index (χ4n) is 1.68. The highest BCUT2D eigenvalue weighted by Crippen LogP contribution is 2.13. The van der Waals surface area contributed by atoms with Gasteiger partial charge in [-0.25, -0.2) is 4.98 Å². The van der Waals surface area contributed by atoms with Crippen LogP contribution in [0.2, 0.25) is 5.02 Å². The van der Waals surface area contributed by atoms with E-state index in [4.69, 9.17) is 11.6 Å². The Labute approximate surface area is 123 Å². The van der Waals surface area contributed by atoms with Crippen LogP contribution in [0.5, 0.6) is 0 Å². The predicted molar refractivity (Wildman–Crippen MR) is 82.4 cm³/mol. The zero-order valence-corrected chi connectivity index (χ0v) is 12.1. The van der Waals surface area contributed by atoms with Gasteiger partial charge in [0.25, 0.3) is 5.91 Å². The molecule has 0 bridgehead atoms. The molecule has 0 atom stereocenters. The summed E-state index contributed by atoms with van der Waals surface area (Å²) in [5, 5.41) is 6.57. The lowest BCUT2D eigenvalue weighted by Crippen LogP contribution is -2.13. The van der Waals surface area contributed by atoms with E-state index >= 15 is 0 Å². The number of carbonyl (C=O) groups is 1. The number of rotatable bonds is 4. The van der Waals surface area contributed by atoms with Crippen LogP contribution < -0.4 is 10.6 Å². The van der Waals surface area contributed by atoms with Gasteiger partial charge in [0.1, 0.15) is 5.82 Å². The number of hydrogen-bond acceptors (Lipinski definition) is 3. The van der Waals surface area contributed by atoms with E-state index in [9.17, 15) is 4.79 Å². The predicted octanol–water partition coefficient (Wildman–Crippen LogP) is 3.81. The van der Waals surface area contributed by atoms with E-state index in [1.54, 1.807) is 36.5 Å². The zero-order valence-electron chi connectivity index (χ0n) is 11.4. The maximum Gasteiger partial charge on any atom is 0.256 e. The summed E-state index contributed by atoms with van der Waals surface area (Å²) in [5.74, 6) is 0.304. The van der Waals surface area contributed by atoms with E-state index in [0.717, 1.165) is 5.69 Å². The summed E-state index contributed by atoms with van der Waals surface area (Å²) in [6, 6.07) is 10.7. The Kier molecular flexibility index (Phi) is 4.58. The highest BCUT2D eigenvalue weighted by atomic mass is 35.5. The molecule has 2 rings (SSSR count). The molecule has 0 spiro atoms. The van der Waals surface area contributed by atoms with Gasteiger partial charge in [0.2, 0.25) is 0 Å². The molecule has 0 radical (unpaired) electrons. The van der Waals surface area contributed by atoms with Gasteiger partial charge in [0.05, 0.1) is 11.9 Å². The molecule has 5 heteroatoms. The molecule has 104 valence electrons. The van der Waals surface area contributed by atoms with Crippen LogP contribution in [0, 0.1) is 0 Å². The van der Waals surface area contributed by atoms with Gasteiger partial charge in [0, 0.05) is 16.6 Å². The number of carbonyl (C=O) groups excluding carboxylic acids is 1. The average Bonchev–Trinajstić information content (AvgIpc) is 2.41. The van der Waals surface area contributed by atoms with Crippen molar-refractivity contribution in [2.24, 2.45) is 0 Å². The molecule has 0 aliphatic carbocycles. The number of amides is 1. The average molecular weight is 290 g/mol. The Hall–Kier alpha value is -2.07. The SMILES string of the molecule is CC(C)Nc1ccc(NC(=O)c2ccc(Cl)cc2)nc1. The normalized spacial score (nSPS) is 10.4. The second kappa shape index (κ2) is 6.39. The first-order valence-corrected chi connectivity index (χ1v) is 6.72. The lowest BCUT2D eigenvalue weighted by atomic mass is 10.2. The number of pyridine rings is 1. The summed E-state index contributed by atoms with van der Waals surface area (Å²) < 4.78 is 0. The molecule has 0 unspecified atom stereocenters. The highest BCUT2D eigenvalue weighted by Gasteiger charge is 2.06.